The third kappa shape index (κ3) is 5.77. The molecule has 3 amide bonds. The summed E-state index contributed by atoms with van der Waals surface area (Å²) in [5.41, 5.74) is 4.10. The third-order valence-electron chi connectivity index (χ3n) is 7.76. The van der Waals surface area contributed by atoms with Gasteiger partial charge in [0.1, 0.15) is 5.00 Å². The van der Waals surface area contributed by atoms with Gasteiger partial charge in [-0.25, -0.2) is 9.69 Å². The largest absolute Gasteiger partial charge is 0.462 e. The Bertz CT molecular complexity index is 1810. The van der Waals surface area contributed by atoms with Crippen molar-refractivity contribution in [2.45, 2.75) is 13.8 Å². The molecule has 1 aromatic heterocycles. The Morgan fingerprint density at radius 2 is 1.58 bits per heavy atom. The van der Waals surface area contributed by atoms with Gasteiger partial charge in [-0.2, -0.15) is 0 Å². The zero-order valence-corrected chi connectivity index (χ0v) is 25.7. The fraction of sp³-hybridized carbons (Fsp3) is 0.200. The zero-order valence-electron chi connectivity index (χ0n) is 24.9. The Morgan fingerprint density at radius 3 is 2.27 bits per heavy atom. The lowest BCUT2D eigenvalue weighted by atomic mass is 9.93. The number of anilines is 2. The lowest BCUT2D eigenvalue weighted by Crippen LogP contribution is -2.42. The van der Waals surface area contributed by atoms with Crippen molar-refractivity contribution in [2.75, 3.05) is 43.1 Å². The highest BCUT2D eigenvalue weighted by atomic mass is 32.1. The summed E-state index contributed by atoms with van der Waals surface area (Å²) in [6.45, 7) is 5.83. The molecule has 0 atom stereocenters. The van der Waals surface area contributed by atoms with Gasteiger partial charge in [-0.1, -0.05) is 48.5 Å². The van der Waals surface area contributed by atoms with E-state index in [9.17, 15) is 19.2 Å². The summed E-state index contributed by atoms with van der Waals surface area (Å²) in [5, 5.41) is 3.89. The molecule has 3 heterocycles. The molecule has 0 aliphatic carbocycles. The zero-order chi connectivity index (χ0) is 31.5. The van der Waals surface area contributed by atoms with Crippen LogP contribution in [0.25, 0.3) is 16.0 Å². The number of fused-ring (bicyclic) bond motifs is 1. The fourth-order valence-corrected chi connectivity index (χ4v) is 6.66. The number of hydrogen-bond acceptors (Lipinski definition) is 8. The van der Waals surface area contributed by atoms with E-state index >= 15 is 0 Å². The number of ether oxygens (including phenoxy) is 2. The van der Waals surface area contributed by atoms with Crippen LogP contribution >= 0.6 is 11.3 Å². The summed E-state index contributed by atoms with van der Waals surface area (Å²) in [7, 11) is 0. The van der Waals surface area contributed by atoms with Crippen LogP contribution in [-0.2, 0) is 14.3 Å². The van der Waals surface area contributed by atoms with Crippen LogP contribution in [0, 0.1) is 6.92 Å². The second-order valence-electron chi connectivity index (χ2n) is 10.5. The lowest BCUT2D eigenvalue weighted by molar-refractivity contribution is -0.112. The summed E-state index contributed by atoms with van der Waals surface area (Å²) in [5.74, 6) is -1.60. The lowest BCUT2D eigenvalue weighted by Gasteiger charge is -2.29. The molecule has 0 unspecified atom stereocenters. The number of carbonyl (C=O) groups is 4. The van der Waals surface area contributed by atoms with Crippen molar-refractivity contribution < 1.29 is 28.7 Å². The maximum Gasteiger partial charge on any atom is 0.338 e. The van der Waals surface area contributed by atoms with Gasteiger partial charge in [0.05, 0.1) is 42.2 Å². The summed E-state index contributed by atoms with van der Waals surface area (Å²) in [6.07, 6.45) is 1.57. The first-order valence-corrected chi connectivity index (χ1v) is 15.5. The molecule has 1 saturated heterocycles. The summed E-state index contributed by atoms with van der Waals surface area (Å²) in [4.78, 5) is 57.5. The van der Waals surface area contributed by atoms with Crippen LogP contribution in [0.2, 0.25) is 0 Å². The predicted molar refractivity (Wildman–Crippen MR) is 173 cm³/mol. The monoisotopic (exact) mass is 621 g/mol. The minimum atomic E-state index is -0.535. The number of amides is 3. The van der Waals surface area contributed by atoms with Gasteiger partial charge in [0.2, 0.25) is 0 Å². The molecule has 228 valence electrons. The molecule has 1 fully saturated rings. The average molecular weight is 622 g/mol. The number of nitrogens with zero attached hydrogens (tertiary/aromatic N) is 2. The number of esters is 1. The molecule has 0 bridgehead atoms. The van der Waals surface area contributed by atoms with E-state index < -0.39 is 17.8 Å². The molecule has 45 heavy (non-hydrogen) atoms. The van der Waals surface area contributed by atoms with Crippen LogP contribution in [0.3, 0.4) is 0 Å². The first kappa shape index (κ1) is 30.0. The molecule has 3 aromatic carbocycles. The van der Waals surface area contributed by atoms with E-state index in [2.05, 4.69) is 5.32 Å². The van der Waals surface area contributed by atoms with E-state index in [0.29, 0.717) is 59.2 Å². The number of morpholine rings is 1. The van der Waals surface area contributed by atoms with E-state index in [1.807, 2.05) is 37.3 Å². The molecule has 4 aromatic rings. The first-order valence-electron chi connectivity index (χ1n) is 14.7. The fourth-order valence-electron chi connectivity index (χ4n) is 5.49. The molecule has 6 rings (SSSR count). The van der Waals surface area contributed by atoms with Gasteiger partial charge < -0.3 is 19.7 Å². The third-order valence-corrected chi connectivity index (χ3v) is 9.04. The molecule has 0 saturated carbocycles. The van der Waals surface area contributed by atoms with E-state index in [1.54, 1.807) is 54.4 Å². The normalized spacial score (nSPS) is 15.6. The topological polar surface area (TPSA) is 105 Å². The SMILES string of the molecule is CCOC(=O)c1ccc(N2C(=O)/C(=C\Nc3sc(-c4ccccc4)c(C)c3C(=O)N3CCOCC3)c3ccccc3C2=O)cc1. The number of hydrogen-bond donors (Lipinski definition) is 1. The number of benzene rings is 3. The molecule has 2 aliphatic rings. The highest BCUT2D eigenvalue weighted by Gasteiger charge is 2.36. The van der Waals surface area contributed by atoms with E-state index in [0.717, 1.165) is 20.9 Å². The van der Waals surface area contributed by atoms with Crippen LogP contribution < -0.4 is 10.2 Å². The Balaban J connectivity index is 1.40. The summed E-state index contributed by atoms with van der Waals surface area (Å²) in [6, 6.07) is 22.9. The van der Waals surface area contributed by atoms with Crippen molar-refractivity contribution in [3.8, 4) is 10.4 Å². The number of carbonyl (C=O) groups excluding carboxylic acids is 4. The summed E-state index contributed by atoms with van der Waals surface area (Å²) < 4.78 is 10.5. The second-order valence-corrected chi connectivity index (χ2v) is 11.5. The smallest absolute Gasteiger partial charge is 0.338 e. The number of imide groups is 1. The second kappa shape index (κ2) is 12.9. The van der Waals surface area contributed by atoms with Crippen molar-refractivity contribution in [2.24, 2.45) is 0 Å². The van der Waals surface area contributed by atoms with Crippen LogP contribution in [0.5, 0.6) is 0 Å². The highest BCUT2D eigenvalue weighted by molar-refractivity contribution is 7.20. The molecular formula is C35H31N3O6S. The van der Waals surface area contributed by atoms with Gasteiger partial charge in [0, 0.05) is 35.3 Å². The Kier molecular flexibility index (Phi) is 8.59. The number of rotatable bonds is 7. The Hall–Kier alpha value is -5.06. The summed E-state index contributed by atoms with van der Waals surface area (Å²) >= 11 is 1.44. The molecule has 2 aliphatic heterocycles. The van der Waals surface area contributed by atoms with Crippen molar-refractivity contribution in [1.29, 1.82) is 0 Å². The molecule has 9 nitrogen and oxygen atoms in total. The van der Waals surface area contributed by atoms with Crippen molar-refractivity contribution >= 4 is 51.3 Å². The van der Waals surface area contributed by atoms with Gasteiger partial charge in [-0.05, 0) is 55.3 Å². The van der Waals surface area contributed by atoms with Crippen LogP contribution in [0.1, 0.15) is 49.1 Å². The van der Waals surface area contributed by atoms with Crippen LogP contribution in [-0.4, -0.2) is 61.5 Å². The van der Waals surface area contributed by atoms with Crippen molar-refractivity contribution in [3.63, 3.8) is 0 Å². The number of nitrogens with one attached hydrogen (secondary N) is 1. The van der Waals surface area contributed by atoms with Crippen LogP contribution in [0.15, 0.2) is 85.1 Å². The molecule has 0 spiro atoms. The first-order chi connectivity index (χ1) is 21.9. The average Bonchev–Trinajstić information content (AvgIpc) is 3.41. The Labute approximate surface area is 264 Å². The minimum absolute atomic E-state index is 0.107. The highest BCUT2D eigenvalue weighted by Crippen LogP contribution is 2.41. The maximum absolute atomic E-state index is 14.0. The van der Waals surface area contributed by atoms with E-state index in [-0.39, 0.29) is 18.1 Å². The van der Waals surface area contributed by atoms with E-state index in [4.69, 9.17) is 9.47 Å². The quantitative estimate of drug-likeness (QED) is 0.153. The van der Waals surface area contributed by atoms with E-state index in [1.165, 1.54) is 23.5 Å². The van der Waals surface area contributed by atoms with Crippen molar-refractivity contribution in [3.05, 3.63) is 113 Å². The molecular weight excluding hydrogens is 590 g/mol. The predicted octanol–water partition coefficient (Wildman–Crippen LogP) is 6.01. The Morgan fingerprint density at radius 1 is 0.911 bits per heavy atom. The molecule has 10 heteroatoms. The van der Waals surface area contributed by atoms with Crippen LogP contribution in [0.4, 0.5) is 10.7 Å². The standard InChI is InChI=1S/C35H31N3O6S/c1-3-44-35(42)24-13-15-25(16-14-24)38-32(39)27-12-8-7-11-26(27)28(33(38)40)21-36-31-29(34(41)37-17-19-43-20-18-37)22(2)30(45-31)23-9-5-4-6-10-23/h4-16,21,36H,3,17-20H2,1-2H3/b28-21-. The number of thiophene rings is 1. The van der Waals surface area contributed by atoms with Gasteiger partial charge in [0.25, 0.3) is 17.7 Å². The van der Waals surface area contributed by atoms with Gasteiger partial charge in [-0.15, -0.1) is 11.3 Å². The molecule has 0 radical (unpaired) electrons. The minimum Gasteiger partial charge on any atom is -0.462 e. The van der Waals surface area contributed by atoms with Gasteiger partial charge in [0.15, 0.2) is 0 Å². The van der Waals surface area contributed by atoms with Gasteiger partial charge >= 0.3 is 5.97 Å². The van der Waals surface area contributed by atoms with Crippen molar-refractivity contribution in [1.82, 2.24) is 4.90 Å². The maximum atomic E-state index is 14.0. The van der Waals surface area contributed by atoms with Gasteiger partial charge in [-0.3, -0.25) is 14.4 Å². The molecule has 1 N–H and O–H groups in total.